The van der Waals surface area contributed by atoms with Crippen LogP contribution in [-0.4, -0.2) is 44.3 Å². The molecule has 1 aromatic carbocycles. The first kappa shape index (κ1) is 24.5. The zero-order chi connectivity index (χ0) is 21.9. The summed E-state index contributed by atoms with van der Waals surface area (Å²) >= 11 is 0. The van der Waals surface area contributed by atoms with E-state index in [2.05, 4.69) is 11.9 Å². The first-order chi connectivity index (χ1) is 13.7. The van der Waals surface area contributed by atoms with Crippen LogP contribution in [0.15, 0.2) is 30.9 Å². The van der Waals surface area contributed by atoms with Crippen LogP contribution in [0.5, 0.6) is 11.5 Å². The summed E-state index contributed by atoms with van der Waals surface area (Å²) in [6.45, 7) is 9.25. The lowest BCUT2D eigenvalue weighted by Crippen LogP contribution is -2.54. The molecule has 0 aliphatic rings. The number of rotatable bonds is 12. The number of carbonyl (C=O) groups is 2. The first-order valence-corrected chi connectivity index (χ1v) is 9.55. The Bertz CT molecular complexity index is 682. The molecule has 7 nitrogen and oxygen atoms in total. The van der Waals surface area contributed by atoms with E-state index in [0.29, 0.717) is 30.6 Å². The molecule has 0 aromatic heterocycles. The maximum absolute atomic E-state index is 12.3. The maximum Gasteiger partial charge on any atom is 0.408 e. The molecule has 7 heteroatoms. The number of aldehydes is 1. The van der Waals surface area contributed by atoms with E-state index in [1.54, 1.807) is 53.2 Å². The molecule has 0 heterocycles. The van der Waals surface area contributed by atoms with Crippen LogP contribution in [0.1, 0.15) is 45.6 Å². The number of ether oxygens (including phenoxy) is 4. The van der Waals surface area contributed by atoms with Gasteiger partial charge >= 0.3 is 6.09 Å². The predicted molar refractivity (Wildman–Crippen MR) is 111 cm³/mol. The molecule has 1 aromatic rings. The van der Waals surface area contributed by atoms with Crippen molar-refractivity contribution in [1.29, 1.82) is 0 Å². The van der Waals surface area contributed by atoms with Gasteiger partial charge in [-0.2, -0.15) is 0 Å². The summed E-state index contributed by atoms with van der Waals surface area (Å²) in [5.74, 6) is 1.21. The van der Waals surface area contributed by atoms with Crippen molar-refractivity contribution in [3.05, 3.63) is 36.4 Å². The second-order valence-corrected chi connectivity index (χ2v) is 7.76. The maximum atomic E-state index is 12.3. The number of nitrogens with one attached hydrogen (secondary N) is 1. The Kier molecular flexibility index (Phi) is 9.68. The van der Waals surface area contributed by atoms with Crippen LogP contribution in [0.25, 0.3) is 0 Å². The first-order valence-electron chi connectivity index (χ1n) is 9.55. The molecule has 0 aliphatic carbocycles. The van der Waals surface area contributed by atoms with Crippen molar-refractivity contribution in [1.82, 2.24) is 5.32 Å². The number of carbonyl (C=O) groups excluding carboxylic acids is 2. The van der Waals surface area contributed by atoms with Crippen molar-refractivity contribution in [3.8, 4) is 11.5 Å². The van der Waals surface area contributed by atoms with Gasteiger partial charge in [-0.1, -0.05) is 12.1 Å². The van der Waals surface area contributed by atoms with Gasteiger partial charge in [-0.05, 0) is 57.7 Å². The molecule has 1 atom stereocenters. The van der Waals surface area contributed by atoms with Crippen molar-refractivity contribution in [3.63, 3.8) is 0 Å². The summed E-state index contributed by atoms with van der Waals surface area (Å²) in [7, 11) is 3.13. The molecule has 0 bridgehead atoms. The molecule has 29 heavy (non-hydrogen) atoms. The van der Waals surface area contributed by atoms with Gasteiger partial charge in [-0.3, -0.25) is 0 Å². The van der Waals surface area contributed by atoms with Crippen LogP contribution >= 0.6 is 0 Å². The minimum absolute atomic E-state index is 0.0151. The molecule has 1 N–H and O–H groups in total. The number of alkyl carbamates (subject to hydrolysis) is 1. The molecule has 162 valence electrons. The standard InChI is InChI=1S/C22H33NO6/c1-7-8-9-12-22(15-24,23-20(25)29-21(2,3)4)16-28-14-17-10-11-18(26-5)19(13-17)27-6/h7,10-11,13,15H,1,8-9,12,14,16H2,2-6H3,(H,23,25)/t22-/m1/s1. The fourth-order valence-electron chi connectivity index (χ4n) is 2.68. The van der Waals surface area contributed by atoms with Crippen LogP contribution in [0.3, 0.4) is 0 Å². The third-order valence-electron chi connectivity index (χ3n) is 4.08. The molecule has 0 saturated carbocycles. The molecule has 0 unspecified atom stereocenters. The molecule has 0 spiro atoms. The van der Waals surface area contributed by atoms with Crippen LogP contribution in [-0.2, 0) is 20.9 Å². The number of hydrogen-bond acceptors (Lipinski definition) is 6. The van der Waals surface area contributed by atoms with Crippen molar-refractivity contribution in [2.24, 2.45) is 0 Å². The molecule has 0 radical (unpaired) electrons. The summed E-state index contributed by atoms with van der Waals surface area (Å²) in [6, 6.07) is 5.44. The van der Waals surface area contributed by atoms with Crippen LogP contribution in [0.2, 0.25) is 0 Å². The highest BCUT2D eigenvalue weighted by Gasteiger charge is 2.33. The number of benzene rings is 1. The van der Waals surface area contributed by atoms with E-state index in [0.717, 1.165) is 12.0 Å². The largest absolute Gasteiger partial charge is 0.493 e. The molecule has 0 aliphatic heterocycles. The molecule has 1 rings (SSSR count). The summed E-state index contributed by atoms with van der Waals surface area (Å²) in [5.41, 5.74) is -0.992. The minimum Gasteiger partial charge on any atom is -0.493 e. The zero-order valence-electron chi connectivity index (χ0n) is 18.1. The average molecular weight is 408 g/mol. The summed E-state index contributed by atoms with van der Waals surface area (Å²) < 4.78 is 21.6. The third kappa shape index (κ3) is 8.56. The second-order valence-electron chi connectivity index (χ2n) is 7.76. The molecule has 1 amide bonds. The average Bonchev–Trinajstić information content (AvgIpc) is 2.66. The summed E-state index contributed by atoms with van der Waals surface area (Å²) in [5, 5.41) is 2.69. The van der Waals surface area contributed by atoms with Crippen molar-refractivity contribution >= 4 is 12.4 Å². The molecular formula is C22H33NO6. The van der Waals surface area contributed by atoms with Crippen molar-refractivity contribution in [2.75, 3.05) is 20.8 Å². The Morgan fingerprint density at radius 2 is 1.86 bits per heavy atom. The van der Waals surface area contributed by atoms with Gasteiger partial charge in [0.15, 0.2) is 11.5 Å². The van der Waals surface area contributed by atoms with Crippen LogP contribution in [0, 0.1) is 0 Å². The Labute approximate surface area is 173 Å². The van der Waals surface area contributed by atoms with E-state index >= 15 is 0 Å². The van der Waals surface area contributed by atoms with E-state index in [9.17, 15) is 9.59 Å². The SMILES string of the molecule is C=CCCC[C@@](C=O)(COCc1ccc(OC)c(OC)c1)NC(=O)OC(C)(C)C. The Hall–Kier alpha value is -2.54. The van der Waals surface area contributed by atoms with Crippen molar-refractivity contribution < 1.29 is 28.5 Å². The van der Waals surface area contributed by atoms with Gasteiger partial charge in [0.05, 0.1) is 27.4 Å². The fourth-order valence-corrected chi connectivity index (χ4v) is 2.68. The Morgan fingerprint density at radius 1 is 1.17 bits per heavy atom. The predicted octanol–water partition coefficient (Wildman–Crippen LogP) is 4.04. The van der Waals surface area contributed by atoms with Crippen LogP contribution < -0.4 is 14.8 Å². The van der Waals surface area contributed by atoms with Gasteiger partial charge in [0.25, 0.3) is 0 Å². The van der Waals surface area contributed by atoms with E-state index in [1.165, 1.54) is 0 Å². The van der Waals surface area contributed by atoms with Gasteiger partial charge in [0, 0.05) is 0 Å². The third-order valence-corrected chi connectivity index (χ3v) is 4.08. The van der Waals surface area contributed by atoms with Gasteiger partial charge in [0.1, 0.15) is 17.4 Å². The Balaban J connectivity index is 2.84. The minimum atomic E-state index is -1.18. The van der Waals surface area contributed by atoms with E-state index < -0.39 is 17.2 Å². The number of amides is 1. The number of unbranched alkanes of at least 4 members (excludes halogenated alkanes) is 1. The zero-order valence-corrected chi connectivity index (χ0v) is 18.1. The number of allylic oxidation sites excluding steroid dienone is 1. The van der Waals surface area contributed by atoms with Gasteiger partial charge in [-0.15, -0.1) is 6.58 Å². The lowest BCUT2D eigenvalue weighted by atomic mass is 9.95. The highest BCUT2D eigenvalue weighted by molar-refractivity contribution is 5.76. The summed E-state index contributed by atoms with van der Waals surface area (Å²) in [6.07, 6.45) is 3.65. The lowest BCUT2D eigenvalue weighted by Gasteiger charge is -2.30. The van der Waals surface area contributed by atoms with E-state index in [4.69, 9.17) is 18.9 Å². The fraction of sp³-hybridized carbons (Fsp3) is 0.545. The highest BCUT2D eigenvalue weighted by atomic mass is 16.6. The number of methoxy groups -OCH3 is 2. The van der Waals surface area contributed by atoms with E-state index in [-0.39, 0.29) is 13.2 Å². The van der Waals surface area contributed by atoms with Crippen molar-refractivity contribution in [2.45, 2.75) is 57.8 Å². The van der Waals surface area contributed by atoms with Gasteiger partial charge in [-0.25, -0.2) is 4.79 Å². The monoisotopic (exact) mass is 407 g/mol. The quantitative estimate of drug-likeness (QED) is 0.320. The smallest absolute Gasteiger partial charge is 0.408 e. The molecule has 0 fully saturated rings. The van der Waals surface area contributed by atoms with Gasteiger partial charge < -0.3 is 29.1 Å². The van der Waals surface area contributed by atoms with E-state index in [1.807, 2.05) is 6.07 Å². The van der Waals surface area contributed by atoms with Gasteiger partial charge in [0.2, 0.25) is 0 Å². The number of hydrogen-bond donors (Lipinski definition) is 1. The molecule has 0 saturated heterocycles. The normalized spacial score (nSPS) is 13.1. The van der Waals surface area contributed by atoms with Crippen LogP contribution in [0.4, 0.5) is 4.79 Å². The lowest BCUT2D eigenvalue weighted by molar-refractivity contribution is -0.116. The second kappa shape index (κ2) is 11.5. The Morgan fingerprint density at radius 3 is 2.41 bits per heavy atom. The topological polar surface area (TPSA) is 83.1 Å². The molecular weight excluding hydrogens is 374 g/mol. The summed E-state index contributed by atoms with van der Waals surface area (Å²) in [4.78, 5) is 24.2. The highest BCUT2D eigenvalue weighted by Crippen LogP contribution is 2.28.